The summed E-state index contributed by atoms with van der Waals surface area (Å²) in [6.07, 6.45) is 1.62. The topological polar surface area (TPSA) is 69.0 Å². The first-order valence-electron chi connectivity index (χ1n) is 8.96. The molecular weight excluding hydrogens is 398 g/mol. The van der Waals surface area contributed by atoms with E-state index in [9.17, 15) is 13.6 Å². The second-order valence-corrected chi connectivity index (χ2v) is 6.99. The third-order valence-corrected chi connectivity index (χ3v) is 5.11. The number of amides is 1. The number of aromatic nitrogens is 3. The molecule has 0 unspecified atom stereocenters. The molecule has 0 radical (unpaired) electrons. The van der Waals surface area contributed by atoms with Crippen molar-refractivity contribution in [1.82, 2.24) is 20.1 Å². The number of hydrogen-bond acceptors (Lipinski definition) is 5. The zero-order valence-electron chi connectivity index (χ0n) is 15.7. The number of halogens is 2. The van der Waals surface area contributed by atoms with Gasteiger partial charge in [0.2, 0.25) is 5.91 Å². The van der Waals surface area contributed by atoms with Crippen LogP contribution in [0.25, 0.3) is 0 Å². The van der Waals surface area contributed by atoms with Crippen molar-refractivity contribution in [1.29, 1.82) is 0 Å². The Morgan fingerprint density at radius 2 is 1.83 bits per heavy atom. The lowest BCUT2D eigenvalue weighted by molar-refractivity contribution is -0.119. The molecule has 0 fully saturated rings. The van der Waals surface area contributed by atoms with Gasteiger partial charge in [0.25, 0.3) is 0 Å². The van der Waals surface area contributed by atoms with Gasteiger partial charge in [-0.2, -0.15) is 8.78 Å². The highest BCUT2D eigenvalue weighted by atomic mass is 32.2. The minimum atomic E-state index is -2.88. The summed E-state index contributed by atoms with van der Waals surface area (Å²) in [6, 6.07) is 15.3. The molecule has 3 aromatic rings. The molecular formula is C20H20F2N4O2S. The summed E-state index contributed by atoms with van der Waals surface area (Å²) in [5, 5.41) is 11.5. The van der Waals surface area contributed by atoms with Crippen molar-refractivity contribution in [3.05, 3.63) is 72.1 Å². The van der Waals surface area contributed by atoms with Crippen LogP contribution >= 0.6 is 11.8 Å². The summed E-state index contributed by atoms with van der Waals surface area (Å²) < 4.78 is 31.0. The summed E-state index contributed by atoms with van der Waals surface area (Å²) in [4.78, 5) is 12.6. The maximum absolute atomic E-state index is 12.6. The van der Waals surface area contributed by atoms with Gasteiger partial charge in [-0.25, -0.2) is 0 Å². The van der Waals surface area contributed by atoms with E-state index in [4.69, 9.17) is 0 Å². The molecule has 0 aliphatic carbocycles. The Bertz CT molecular complexity index is 920. The van der Waals surface area contributed by atoms with Gasteiger partial charge in [-0.1, -0.05) is 54.2 Å². The lowest BCUT2D eigenvalue weighted by Gasteiger charge is -2.20. The van der Waals surface area contributed by atoms with Gasteiger partial charge in [0.05, 0.1) is 11.8 Å². The minimum Gasteiger partial charge on any atom is -0.435 e. The molecule has 1 amide bonds. The van der Waals surface area contributed by atoms with Crippen molar-refractivity contribution >= 4 is 17.7 Å². The zero-order chi connectivity index (χ0) is 20.6. The zero-order valence-corrected chi connectivity index (χ0v) is 16.5. The molecule has 6 nitrogen and oxygen atoms in total. The lowest BCUT2D eigenvalue weighted by Crippen LogP contribution is -2.30. The first kappa shape index (κ1) is 20.8. The maximum atomic E-state index is 12.6. The largest absolute Gasteiger partial charge is 0.435 e. The van der Waals surface area contributed by atoms with E-state index in [2.05, 4.69) is 20.3 Å². The maximum Gasteiger partial charge on any atom is 0.387 e. The fourth-order valence-electron chi connectivity index (χ4n) is 2.75. The van der Waals surface area contributed by atoms with E-state index < -0.39 is 12.7 Å². The molecule has 1 aromatic heterocycles. The fraction of sp³-hybridized carbons (Fsp3) is 0.250. The van der Waals surface area contributed by atoms with Crippen LogP contribution in [0, 0.1) is 0 Å². The molecule has 0 bridgehead atoms. The Kier molecular flexibility index (Phi) is 7.18. The predicted octanol–water partition coefficient (Wildman–Crippen LogP) is 3.90. The predicted molar refractivity (Wildman–Crippen MR) is 106 cm³/mol. The van der Waals surface area contributed by atoms with Gasteiger partial charge < -0.3 is 14.6 Å². The number of aryl methyl sites for hydroxylation is 1. The lowest BCUT2D eigenvalue weighted by atomic mass is 9.98. The van der Waals surface area contributed by atoms with Crippen LogP contribution in [0.3, 0.4) is 0 Å². The van der Waals surface area contributed by atoms with Crippen LogP contribution in [0.1, 0.15) is 24.1 Å². The molecule has 1 atom stereocenters. The third-order valence-electron chi connectivity index (χ3n) is 4.13. The Morgan fingerprint density at radius 1 is 1.14 bits per heavy atom. The van der Waals surface area contributed by atoms with Crippen molar-refractivity contribution < 1.29 is 18.3 Å². The standard InChI is InChI=1S/C20H20F2N4O2S/c1-2-26-13-23-25-20(26)29-12-17(27)24-18(14-6-4-3-5-7-14)15-8-10-16(11-9-15)28-19(21)22/h3-11,13,18-19H,2,12H2,1H3,(H,24,27)/t18-/m0/s1. The van der Waals surface area contributed by atoms with Crippen LogP contribution in [0.5, 0.6) is 5.75 Å². The van der Waals surface area contributed by atoms with E-state index in [1.807, 2.05) is 41.8 Å². The van der Waals surface area contributed by atoms with E-state index >= 15 is 0 Å². The Morgan fingerprint density at radius 3 is 2.48 bits per heavy atom. The smallest absolute Gasteiger partial charge is 0.387 e. The van der Waals surface area contributed by atoms with Crippen molar-refractivity contribution in [3.63, 3.8) is 0 Å². The minimum absolute atomic E-state index is 0.0661. The van der Waals surface area contributed by atoms with E-state index in [1.165, 1.54) is 23.9 Å². The summed E-state index contributed by atoms with van der Waals surface area (Å²) in [7, 11) is 0. The number of thioether (sulfide) groups is 1. The monoisotopic (exact) mass is 418 g/mol. The molecule has 0 spiro atoms. The van der Waals surface area contributed by atoms with Crippen molar-refractivity contribution in [2.45, 2.75) is 31.3 Å². The SMILES string of the molecule is CCn1cnnc1SCC(=O)N[C@@H](c1ccccc1)c1ccc(OC(F)F)cc1. The number of nitrogens with one attached hydrogen (secondary N) is 1. The first-order valence-corrected chi connectivity index (χ1v) is 9.95. The number of alkyl halides is 2. The number of ether oxygens (including phenoxy) is 1. The van der Waals surface area contributed by atoms with Crippen LogP contribution in [0.15, 0.2) is 66.1 Å². The van der Waals surface area contributed by atoms with Crippen molar-refractivity contribution in [3.8, 4) is 5.75 Å². The molecule has 9 heteroatoms. The first-order chi connectivity index (χ1) is 14.1. The molecule has 3 rings (SSSR count). The second kappa shape index (κ2) is 10.0. The van der Waals surface area contributed by atoms with Crippen LogP contribution in [0.4, 0.5) is 8.78 Å². The molecule has 1 N–H and O–H groups in total. The van der Waals surface area contributed by atoms with Crippen LogP contribution in [-0.4, -0.2) is 33.0 Å². The molecule has 0 saturated heterocycles. The molecule has 1 heterocycles. The average molecular weight is 418 g/mol. The molecule has 2 aromatic carbocycles. The van der Waals surface area contributed by atoms with E-state index in [1.54, 1.807) is 18.5 Å². The van der Waals surface area contributed by atoms with Gasteiger partial charge in [-0.15, -0.1) is 10.2 Å². The number of nitrogens with zero attached hydrogens (tertiary/aromatic N) is 3. The highest BCUT2D eigenvalue weighted by Crippen LogP contribution is 2.25. The molecule has 152 valence electrons. The quantitative estimate of drug-likeness (QED) is 0.534. The average Bonchev–Trinajstić information content (AvgIpc) is 3.19. The highest BCUT2D eigenvalue weighted by molar-refractivity contribution is 7.99. The van der Waals surface area contributed by atoms with E-state index in [-0.39, 0.29) is 17.4 Å². The number of benzene rings is 2. The van der Waals surface area contributed by atoms with Crippen LogP contribution in [0.2, 0.25) is 0 Å². The number of carbonyl (C=O) groups is 1. The van der Waals surface area contributed by atoms with Gasteiger partial charge in [-0.05, 0) is 30.2 Å². The van der Waals surface area contributed by atoms with E-state index in [0.29, 0.717) is 5.16 Å². The van der Waals surface area contributed by atoms with Gasteiger partial charge in [0.15, 0.2) is 5.16 Å². The highest BCUT2D eigenvalue weighted by Gasteiger charge is 2.18. The van der Waals surface area contributed by atoms with Crippen molar-refractivity contribution in [2.75, 3.05) is 5.75 Å². The van der Waals surface area contributed by atoms with Gasteiger partial charge in [0.1, 0.15) is 12.1 Å². The molecule has 0 aliphatic rings. The number of carbonyl (C=O) groups excluding carboxylic acids is 1. The molecule has 0 saturated carbocycles. The summed E-state index contributed by atoms with van der Waals surface area (Å²) >= 11 is 1.30. The molecule has 29 heavy (non-hydrogen) atoms. The number of rotatable bonds is 9. The van der Waals surface area contributed by atoms with Crippen LogP contribution in [-0.2, 0) is 11.3 Å². The van der Waals surface area contributed by atoms with E-state index in [0.717, 1.165) is 17.7 Å². The Hall–Kier alpha value is -2.94. The van der Waals surface area contributed by atoms with Gasteiger partial charge in [0, 0.05) is 6.54 Å². The molecule has 0 aliphatic heterocycles. The number of hydrogen-bond donors (Lipinski definition) is 1. The fourth-order valence-corrected chi connectivity index (χ4v) is 3.54. The normalized spacial score (nSPS) is 12.0. The summed E-state index contributed by atoms with van der Waals surface area (Å²) in [5.41, 5.74) is 1.64. The summed E-state index contributed by atoms with van der Waals surface area (Å²) in [6.45, 7) is -0.190. The third kappa shape index (κ3) is 5.77. The Balaban J connectivity index is 1.73. The van der Waals surface area contributed by atoms with Gasteiger partial charge >= 0.3 is 6.61 Å². The van der Waals surface area contributed by atoms with Crippen molar-refractivity contribution in [2.24, 2.45) is 0 Å². The van der Waals surface area contributed by atoms with Gasteiger partial charge in [-0.3, -0.25) is 4.79 Å². The summed E-state index contributed by atoms with van der Waals surface area (Å²) in [5.74, 6) is 0.0629. The van der Waals surface area contributed by atoms with Crippen LogP contribution < -0.4 is 10.1 Å². The second-order valence-electron chi connectivity index (χ2n) is 6.05. The Labute approximate surface area is 171 Å².